The van der Waals surface area contributed by atoms with Gasteiger partial charge >= 0.3 is 5.69 Å². The maximum absolute atomic E-state index is 12.1. The van der Waals surface area contributed by atoms with Crippen LogP contribution in [0.4, 0.5) is 0 Å². The average molecular weight is 338 g/mol. The minimum Gasteiger partial charge on any atom is -0.293 e. The predicted molar refractivity (Wildman–Crippen MR) is 80.7 cm³/mol. The van der Waals surface area contributed by atoms with Gasteiger partial charge in [0.25, 0.3) is 5.56 Å². The second kappa shape index (κ2) is 5.78. The minimum atomic E-state index is -0.678. The van der Waals surface area contributed by atoms with E-state index in [4.69, 9.17) is 11.6 Å². The summed E-state index contributed by atoms with van der Waals surface area (Å²) in [4.78, 5) is 36.9. The summed E-state index contributed by atoms with van der Waals surface area (Å²) < 4.78 is 1.15. The number of carbonyl (C=O) groups is 1. The molecule has 8 nitrogen and oxygen atoms in total. The molecule has 2 aromatic heterocycles. The van der Waals surface area contributed by atoms with Crippen molar-refractivity contribution in [2.75, 3.05) is 5.75 Å². The van der Waals surface area contributed by atoms with Gasteiger partial charge in [-0.25, -0.2) is 14.4 Å². The van der Waals surface area contributed by atoms with E-state index in [0.717, 1.165) is 16.3 Å². The van der Waals surface area contributed by atoms with Crippen LogP contribution in [0.3, 0.4) is 0 Å². The third kappa shape index (κ3) is 2.81. The van der Waals surface area contributed by atoms with E-state index in [0.29, 0.717) is 10.6 Å². The van der Waals surface area contributed by atoms with Crippen LogP contribution in [-0.2, 0) is 0 Å². The van der Waals surface area contributed by atoms with E-state index in [9.17, 15) is 14.4 Å². The molecule has 2 N–H and O–H groups in total. The number of aromatic nitrogens is 5. The van der Waals surface area contributed by atoms with Gasteiger partial charge in [-0.2, -0.15) is 0 Å². The highest BCUT2D eigenvalue weighted by molar-refractivity contribution is 7.99. The lowest BCUT2D eigenvalue weighted by Gasteiger charge is -2.00. The largest absolute Gasteiger partial charge is 0.341 e. The highest BCUT2D eigenvalue weighted by atomic mass is 35.5. The van der Waals surface area contributed by atoms with Crippen molar-refractivity contribution >= 4 is 34.8 Å². The normalized spacial score (nSPS) is 11.0. The highest BCUT2D eigenvalue weighted by Gasteiger charge is 2.13. The Morgan fingerprint density at radius 2 is 1.95 bits per heavy atom. The second-order valence-electron chi connectivity index (χ2n) is 4.26. The number of benzene rings is 1. The van der Waals surface area contributed by atoms with E-state index >= 15 is 0 Å². The number of Topliss-reactive ketones (excluding diaryl/α,β-unsaturated/α-hetero) is 1. The number of thioether (sulfide) groups is 1. The number of hydrogen-bond acceptors (Lipinski definition) is 6. The molecule has 1 aromatic carbocycles. The summed E-state index contributed by atoms with van der Waals surface area (Å²) in [6.07, 6.45) is 0. The van der Waals surface area contributed by atoms with Crippen LogP contribution >= 0.6 is 23.4 Å². The molecule has 0 aliphatic carbocycles. The number of H-pyrrole nitrogens is 2. The molecular weight excluding hydrogens is 330 g/mol. The van der Waals surface area contributed by atoms with Gasteiger partial charge in [0.15, 0.2) is 5.78 Å². The van der Waals surface area contributed by atoms with Crippen LogP contribution in [0.15, 0.2) is 39.0 Å². The fraction of sp³-hybridized carbons (Fsp3) is 0.0833. The van der Waals surface area contributed by atoms with Crippen molar-refractivity contribution in [3.05, 3.63) is 55.7 Å². The number of ketones is 1. The SMILES string of the molecule is O=C(CSc1nnc2c(=O)[nH]c(=O)[nH]n12)c1ccc(Cl)cc1. The van der Waals surface area contributed by atoms with Crippen molar-refractivity contribution in [1.29, 1.82) is 0 Å². The summed E-state index contributed by atoms with van der Waals surface area (Å²) >= 11 is 6.83. The van der Waals surface area contributed by atoms with Crippen LogP contribution in [-0.4, -0.2) is 36.3 Å². The molecule has 0 unspecified atom stereocenters. The molecule has 0 spiro atoms. The van der Waals surface area contributed by atoms with Gasteiger partial charge in [-0.15, -0.1) is 10.2 Å². The van der Waals surface area contributed by atoms with E-state index < -0.39 is 11.2 Å². The van der Waals surface area contributed by atoms with Crippen LogP contribution in [0.1, 0.15) is 10.4 Å². The zero-order valence-electron chi connectivity index (χ0n) is 10.9. The van der Waals surface area contributed by atoms with Crippen molar-refractivity contribution in [2.24, 2.45) is 0 Å². The predicted octanol–water partition coefficient (Wildman–Crippen LogP) is 0.734. The molecular formula is C12H8ClN5O3S. The molecule has 0 amide bonds. The fourth-order valence-electron chi connectivity index (χ4n) is 1.75. The number of fused-ring (bicyclic) bond motifs is 1. The number of aromatic amines is 2. The van der Waals surface area contributed by atoms with Crippen LogP contribution in [0.5, 0.6) is 0 Å². The topological polar surface area (TPSA) is 113 Å². The van der Waals surface area contributed by atoms with Gasteiger partial charge in [-0.05, 0) is 24.3 Å². The van der Waals surface area contributed by atoms with E-state index in [1.807, 2.05) is 4.98 Å². The van der Waals surface area contributed by atoms with Gasteiger partial charge in [0.1, 0.15) is 0 Å². The molecule has 22 heavy (non-hydrogen) atoms. The second-order valence-corrected chi connectivity index (χ2v) is 5.63. The van der Waals surface area contributed by atoms with Gasteiger partial charge in [-0.1, -0.05) is 23.4 Å². The molecule has 3 rings (SSSR count). The van der Waals surface area contributed by atoms with Crippen molar-refractivity contribution in [1.82, 2.24) is 24.8 Å². The van der Waals surface area contributed by atoms with E-state index in [-0.39, 0.29) is 22.3 Å². The smallest absolute Gasteiger partial charge is 0.293 e. The lowest BCUT2D eigenvalue weighted by Crippen LogP contribution is -2.26. The maximum Gasteiger partial charge on any atom is 0.341 e. The first kappa shape index (κ1) is 14.5. The molecule has 0 saturated carbocycles. The zero-order chi connectivity index (χ0) is 15.7. The van der Waals surface area contributed by atoms with Crippen molar-refractivity contribution in [3.63, 3.8) is 0 Å². The van der Waals surface area contributed by atoms with Crippen molar-refractivity contribution in [2.45, 2.75) is 5.16 Å². The van der Waals surface area contributed by atoms with Crippen molar-refractivity contribution < 1.29 is 4.79 Å². The monoisotopic (exact) mass is 337 g/mol. The Kier molecular flexibility index (Phi) is 3.82. The highest BCUT2D eigenvalue weighted by Crippen LogP contribution is 2.17. The number of carbonyl (C=O) groups excluding carboxylic acids is 1. The molecule has 2 heterocycles. The van der Waals surface area contributed by atoms with Crippen LogP contribution < -0.4 is 11.2 Å². The molecule has 0 aliphatic rings. The molecule has 0 atom stereocenters. The molecule has 10 heteroatoms. The van der Waals surface area contributed by atoms with Gasteiger partial charge < -0.3 is 0 Å². The third-order valence-electron chi connectivity index (χ3n) is 2.78. The minimum absolute atomic E-state index is 0.0407. The van der Waals surface area contributed by atoms with Crippen LogP contribution in [0, 0.1) is 0 Å². The number of halogens is 1. The fourth-order valence-corrected chi connectivity index (χ4v) is 2.66. The Bertz CT molecular complexity index is 959. The molecule has 0 saturated heterocycles. The third-order valence-corrected chi connectivity index (χ3v) is 3.96. The first-order chi connectivity index (χ1) is 10.5. The van der Waals surface area contributed by atoms with E-state index in [1.54, 1.807) is 24.3 Å². The summed E-state index contributed by atoms with van der Waals surface area (Å²) in [5.74, 6) is -0.0531. The number of nitrogens with one attached hydrogen (secondary N) is 2. The maximum atomic E-state index is 12.1. The Morgan fingerprint density at radius 1 is 1.23 bits per heavy atom. The van der Waals surface area contributed by atoms with Gasteiger partial charge in [-0.3, -0.25) is 14.6 Å². The zero-order valence-corrected chi connectivity index (χ0v) is 12.4. The first-order valence-corrected chi connectivity index (χ1v) is 7.40. The molecule has 0 radical (unpaired) electrons. The summed E-state index contributed by atoms with van der Waals surface area (Å²) in [7, 11) is 0. The summed E-state index contributed by atoms with van der Waals surface area (Å²) in [5.41, 5.74) is -0.853. The number of nitrogens with zero attached hydrogens (tertiary/aromatic N) is 3. The Balaban J connectivity index is 1.82. The average Bonchev–Trinajstić information content (AvgIpc) is 2.89. The van der Waals surface area contributed by atoms with Gasteiger partial charge in [0.2, 0.25) is 10.8 Å². The summed E-state index contributed by atoms with van der Waals surface area (Å²) in [6, 6.07) is 6.51. The lowest BCUT2D eigenvalue weighted by molar-refractivity contribution is 0.102. The summed E-state index contributed by atoms with van der Waals surface area (Å²) in [6.45, 7) is 0. The lowest BCUT2D eigenvalue weighted by atomic mass is 10.1. The first-order valence-electron chi connectivity index (χ1n) is 6.04. The molecule has 0 aliphatic heterocycles. The molecule has 0 bridgehead atoms. The molecule has 112 valence electrons. The Labute approximate surface area is 131 Å². The summed E-state index contributed by atoms with van der Waals surface area (Å²) in [5, 5.41) is 10.6. The van der Waals surface area contributed by atoms with Crippen molar-refractivity contribution in [3.8, 4) is 0 Å². The Hall–Kier alpha value is -2.39. The van der Waals surface area contributed by atoms with Gasteiger partial charge in [0.05, 0.1) is 5.75 Å². The van der Waals surface area contributed by atoms with E-state index in [1.165, 1.54) is 0 Å². The van der Waals surface area contributed by atoms with Crippen LogP contribution in [0.2, 0.25) is 5.02 Å². The number of rotatable bonds is 4. The quantitative estimate of drug-likeness (QED) is 0.536. The molecule has 3 aromatic rings. The van der Waals surface area contributed by atoms with E-state index in [2.05, 4.69) is 15.3 Å². The van der Waals surface area contributed by atoms with Gasteiger partial charge in [0, 0.05) is 10.6 Å². The Morgan fingerprint density at radius 3 is 2.68 bits per heavy atom. The van der Waals surface area contributed by atoms with Crippen LogP contribution in [0.25, 0.3) is 5.65 Å². The molecule has 0 fully saturated rings. The standard InChI is InChI=1S/C12H8ClN5O3S/c13-7-3-1-6(2-4-7)8(19)5-22-12-16-15-9-10(20)14-11(21)17-18(9)12/h1-4H,5H2,(H2,14,17,20,21). The number of hydrogen-bond donors (Lipinski definition) is 2.